The normalized spacial score (nSPS) is 18.4. The number of fused-ring (bicyclic) bond motifs is 1. The molecule has 8 nitrogen and oxygen atoms in total. The van der Waals surface area contributed by atoms with Gasteiger partial charge in [0.2, 0.25) is 5.95 Å². The highest BCUT2D eigenvalue weighted by molar-refractivity contribution is 5.79. The molecule has 3 heterocycles. The van der Waals surface area contributed by atoms with Crippen LogP contribution < -0.4 is 5.32 Å². The molecule has 0 bridgehead atoms. The Hall–Kier alpha value is -3.83. The Labute approximate surface area is 179 Å². The number of aromatic nitrogens is 6. The Bertz CT molecular complexity index is 1270. The van der Waals surface area contributed by atoms with Gasteiger partial charge in [0.25, 0.3) is 0 Å². The van der Waals surface area contributed by atoms with Gasteiger partial charge in [0.15, 0.2) is 5.82 Å². The molecule has 154 valence electrons. The van der Waals surface area contributed by atoms with Gasteiger partial charge in [-0.05, 0) is 61.9 Å². The summed E-state index contributed by atoms with van der Waals surface area (Å²) in [4.78, 5) is 17.8. The number of aromatic amines is 1. The van der Waals surface area contributed by atoms with Crippen LogP contribution in [0.5, 0.6) is 0 Å². The van der Waals surface area contributed by atoms with Crippen LogP contribution in [0.4, 0.5) is 5.95 Å². The first-order valence-corrected chi connectivity index (χ1v) is 10.3. The van der Waals surface area contributed by atoms with Crippen molar-refractivity contribution in [2.45, 2.75) is 37.8 Å². The Kier molecular flexibility index (Phi) is 5.25. The lowest BCUT2D eigenvalue weighted by atomic mass is 9.93. The number of benzene rings is 1. The lowest BCUT2D eigenvalue weighted by Gasteiger charge is -2.26. The average molecular weight is 411 g/mol. The summed E-state index contributed by atoms with van der Waals surface area (Å²) < 4.78 is 0. The molecular formula is C23H21N7O. The van der Waals surface area contributed by atoms with Crippen molar-refractivity contribution in [2.24, 2.45) is 0 Å². The highest BCUT2D eigenvalue weighted by atomic mass is 16.3. The van der Waals surface area contributed by atoms with Crippen molar-refractivity contribution in [1.29, 1.82) is 0 Å². The standard InChI is InChI=1S/C23H21N7O/c31-19-6-4-17(5-7-19)28-23-25-12-10-21(29-23)22-24-11-9-18(27-22)3-1-15-2-8-20-16(13-15)14-26-30-20/h2,8-14,17,19,31H,4-7H2,(H,26,30)(H,25,28,29). The third kappa shape index (κ3) is 4.52. The molecule has 0 aliphatic heterocycles. The zero-order valence-electron chi connectivity index (χ0n) is 16.8. The molecule has 1 aliphatic rings. The molecule has 0 spiro atoms. The molecule has 0 amide bonds. The second-order valence-electron chi connectivity index (χ2n) is 7.60. The van der Waals surface area contributed by atoms with Crippen molar-refractivity contribution in [1.82, 2.24) is 30.1 Å². The topological polar surface area (TPSA) is 112 Å². The van der Waals surface area contributed by atoms with Gasteiger partial charge in [-0.25, -0.2) is 19.9 Å². The Morgan fingerprint density at radius 2 is 1.84 bits per heavy atom. The fourth-order valence-corrected chi connectivity index (χ4v) is 3.66. The van der Waals surface area contributed by atoms with Gasteiger partial charge in [0, 0.05) is 29.4 Å². The number of aliphatic hydroxyl groups excluding tert-OH is 1. The number of aliphatic hydroxyl groups is 1. The smallest absolute Gasteiger partial charge is 0.223 e. The number of nitrogens with zero attached hydrogens (tertiary/aromatic N) is 5. The SMILES string of the molecule is OC1CCC(Nc2nccc(-c3nccc(C#Cc4ccc5[nH]ncc5c4)n3)n2)CC1. The van der Waals surface area contributed by atoms with Crippen LogP contribution in [0, 0.1) is 11.8 Å². The summed E-state index contributed by atoms with van der Waals surface area (Å²) in [6.45, 7) is 0. The maximum absolute atomic E-state index is 9.67. The molecule has 1 aliphatic carbocycles. The molecule has 8 heteroatoms. The molecule has 3 aromatic heterocycles. The molecule has 0 atom stereocenters. The molecule has 1 fully saturated rings. The van der Waals surface area contributed by atoms with Crippen LogP contribution in [0.25, 0.3) is 22.4 Å². The van der Waals surface area contributed by atoms with E-state index in [4.69, 9.17) is 0 Å². The summed E-state index contributed by atoms with van der Waals surface area (Å²) in [5, 5.41) is 21.0. The minimum Gasteiger partial charge on any atom is -0.393 e. The number of nitrogens with one attached hydrogen (secondary N) is 2. The molecule has 0 radical (unpaired) electrons. The number of hydrogen-bond acceptors (Lipinski definition) is 7. The third-order valence-corrected chi connectivity index (χ3v) is 5.35. The Morgan fingerprint density at radius 1 is 0.968 bits per heavy atom. The van der Waals surface area contributed by atoms with E-state index < -0.39 is 0 Å². The number of anilines is 1. The first-order chi connectivity index (χ1) is 15.2. The highest BCUT2D eigenvalue weighted by Gasteiger charge is 2.20. The minimum absolute atomic E-state index is 0.191. The van der Waals surface area contributed by atoms with Crippen LogP contribution in [0.15, 0.2) is 48.9 Å². The first-order valence-electron chi connectivity index (χ1n) is 10.3. The summed E-state index contributed by atoms with van der Waals surface area (Å²) in [5.41, 5.74) is 3.12. The largest absolute Gasteiger partial charge is 0.393 e. The molecule has 31 heavy (non-hydrogen) atoms. The summed E-state index contributed by atoms with van der Waals surface area (Å²) in [7, 11) is 0. The molecule has 1 saturated carbocycles. The van der Waals surface area contributed by atoms with Crippen molar-refractivity contribution in [3.8, 4) is 23.4 Å². The van der Waals surface area contributed by atoms with Gasteiger partial charge in [-0.15, -0.1) is 0 Å². The van der Waals surface area contributed by atoms with Gasteiger partial charge < -0.3 is 10.4 Å². The van der Waals surface area contributed by atoms with E-state index in [2.05, 4.69) is 47.3 Å². The lowest BCUT2D eigenvalue weighted by molar-refractivity contribution is 0.126. The highest BCUT2D eigenvalue weighted by Crippen LogP contribution is 2.21. The van der Waals surface area contributed by atoms with Gasteiger partial charge in [0.1, 0.15) is 11.4 Å². The lowest BCUT2D eigenvalue weighted by Crippen LogP contribution is -2.28. The molecular weight excluding hydrogens is 390 g/mol. The zero-order chi connectivity index (χ0) is 21.0. The summed E-state index contributed by atoms with van der Waals surface area (Å²) in [5.74, 6) is 7.29. The molecule has 0 unspecified atom stereocenters. The molecule has 1 aromatic carbocycles. The minimum atomic E-state index is -0.191. The molecule has 5 rings (SSSR count). The summed E-state index contributed by atoms with van der Waals surface area (Å²) in [6, 6.07) is 9.72. The second-order valence-corrected chi connectivity index (χ2v) is 7.60. The van der Waals surface area contributed by atoms with Gasteiger partial charge in [-0.1, -0.05) is 5.92 Å². The van der Waals surface area contributed by atoms with Gasteiger partial charge in [0.05, 0.1) is 17.8 Å². The van der Waals surface area contributed by atoms with Crippen molar-refractivity contribution < 1.29 is 5.11 Å². The number of H-pyrrole nitrogens is 1. The molecule has 3 N–H and O–H groups in total. The number of rotatable bonds is 3. The van der Waals surface area contributed by atoms with Crippen LogP contribution in [-0.4, -0.2) is 47.4 Å². The predicted molar refractivity (Wildman–Crippen MR) is 117 cm³/mol. The van der Waals surface area contributed by atoms with Gasteiger partial charge >= 0.3 is 0 Å². The van der Waals surface area contributed by atoms with Gasteiger partial charge in [-0.3, -0.25) is 5.10 Å². The maximum atomic E-state index is 9.67. The quantitative estimate of drug-likeness (QED) is 0.444. The summed E-state index contributed by atoms with van der Waals surface area (Å²) >= 11 is 0. The molecule has 4 aromatic rings. The monoisotopic (exact) mass is 411 g/mol. The van der Waals surface area contributed by atoms with Crippen molar-refractivity contribution in [3.05, 3.63) is 60.2 Å². The van der Waals surface area contributed by atoms with Crippen molar-refractivity contribution in [2.75, 3.05) is 5.32 Å². The van der Waals surface area contributed by atoms with E-state index in [0.29, 0.717) is 23.2 Å². The van der Waals surface area contributed by atoms with E-state index in [9.17, 15) is 5.11 Å². The van der Waals surface area contributed by atoms with E-state index >= 15 is 0 Å². The van der Waals surface area contributed by atoms with Gasteiger partial charge in [-0.2, -0.15) is 5.10 Å². The van der Waals surface area contributed by atoms with E-state index in [1.54, 1.807) is 30.7 Å². The van der Waals surface area contributed by atoms with E-state index in [1.165, 1.54) is 0 Å². The van der Waals surface area contributed by atoms with E-state index in [1.807, 2.05) is 18.2 Å². The second kappa shape index (κ2) is 8.50. The fourth-order valence-electron chi connectivity index (χ4n) is 3.66. The zero-order valence-corrected chi connectivity index (χ0v) is 16.8. The summed E-state index contributed by atoms with van der Waals surface area (Å²) in [6.07, 6.45) is 8.38. The maximum Gasteiger partial charge on any atom is 0.223 e. The molecule has 0 saturated heterocycles. The third-order valence-electron chi connectivity index (χ3n) is 5.35. The first kappa shape index (κ1) is 19.2. The van der Waals surface area contributed by atoms with Crippen LogP contribution in [-0.2, 0) is 0 Å². The Balaban J connectivity index is 1.34. The van der Waals surface area contributed by atoms with Crippen LogP contribution in [0.3, 0.4) is 0 Å². The number of hydrogen-bond donors (Lipinski definition) is 3. The Morgan fingerprint density at radius 3 is 2.74 bits per heavy atom. The fraction of sp³-hybridized carbons (Fsp3) is 0.261. The van der Waals surface area contributed by atoms with Crippen molar-refractivity contribution in [3.63, 3.8) is 0 Å². The van der Waals surface area contributed by atoms with Crippen LogP contribution in [0.2, 0.25) is 0 Å². The predicted octanol–water partition coefficient (Wildman–Crippen LogP) is 2.93. The van der Waals surface area contributed by atoms with Crippen LogP contribution in [0.1, 0.15) is 36.9 Å². The van der Waals surface area contributed by atoms with Crippen LogP contribution >= 0.6 is 0 Å². The van der Waals surface area contributed by atoms with E-state index in [0.717, 1.165) is 42.1 Å². The van der Waals surface area contributed by atoms with E-state index in [-0.39, 0.29) is 12.1 Å². The average Bonchev–Trinajstić information content (AvgIpc) is 3.28. The van der Waals surface area contributed by atoms with Crippen molar-refractivity contribution >= 4 is 16.9 Å².